The van der Waals surface area contributed by atoms with Gasteiger partial charge in [0.1, 0.15) is 16.0 Å². The molecule has 102 valence electrons. The van der Waals surface area contributed by atoms with Gasteiger partial charge in [-0.25, -0.2) is 4.98 Å². The van der Waals surface area contributed by atoms with Crippen LogP contribution in [0.15, 0.2) is 54.6 Å². The lowest BCUT2D eigenvalue weighted by Gasteiger charge is -2.26. The molecule has 2 nitrogen and oxygen atoms in total. The number of thiazole rings is 1. The van der Waals surface area contributed by atoms with Gasteiger partial charge in [0, 0.05) is 0 Å². The predicted molar refractivity (Wildman–Crippen MR) is 84.2 cm³/mol. The average molecular weight is 304 g/mol. The molecule has 20 heavy (non-hydrogen) atoms. The number of rotatable bonds is 3. The molecule has 3 aromatic rings. The summed E-state index contributed by atoms with van der Waals surface area (Å²) < 4.78 is 1.08. The molecule has 0 unspecified atom stereocenters. The van der Waals surface area contributed by atoms with Crippen molar-refractivity contribution in [3.05, 3.63) is 65.2 Å². The largest absolute Gasteiger partial charge is 0.386 e. The summed E-state index contributed by atoms with van der Waals surface area (Å²) in [5.41, 5.74) is 1.71. The second-order valence-corrected chi connectivity index (χ2v) is 6.69. The lowest BCUT2D eigenvalue weighted by molar-refractivity contribution is 0.132. The van der Waals surface area contributed by atoms with E-state index >= 15 is 0 Å². The first-order valence-electron chi connectivity index (χ1n) is 6.37. The van der Waals surface area contributed by atoms with E-state index in [9.17, 15) is 5.11 Å². The molecular weight excluding hydrogens is 290 g/mol. The number of hydrogen-bond donors (Lipinski definition) is 1. The van der Waals surface area contributed by atoms with Gasteiger partial charge >= 0.3 is 0 Å². The summed E-state index contributed by atoms with van der Waals surface area (Å²) in [6.07, 6.45) is -0.800. The van der Waals surface area contributed by atoms with Crippen LogP contribution in [0.2, 0.25) is 0 Å². The molecule has 0 aliphatic heterocycles. The lowest BCUT2D eigenvalue weighted by Crippen LogP contribution is -2.23. The third-order valence-corrected chi connectivity index (χ3v) is 5.11. The van der Waals surface area contributed by atoms with Crippen LogP contribution >= 0.6 is 22.9 Å². The van der Waals surface area contributed by atoms with Gasteiger partial charge in [0.2, 0.25) is 0 Å². The average Bonchev–Trinajstić information content (AvgIpc) is 2.92. The standard InChI is InChI=1S/C16H14ClNOS/c1-16(17,14(19)11-7-3-2-4-8-11)15-18-12-9-5-6-10-13(12)20-15/h2-10,14,19H,1H3/t14-,16-/m1/s1. The topological polar surface area (TPSA) is 33.1 Å². The van der Waals surface area contributed by atoms with Gasteiger partial charge in [-0.3, -0.25) is 0 Å². The molecule has 0 saturated carbocycles. The minimum Gasteiger partial charge on any atom is -0.386 e. The van der Waals surface area contributed by atoms with Crippen LogP contribution in [0.1, 0.15) is 23.6 Å². The summed E-state index contributed by atoms with van der Waals surface area (Å²) in [7, 11) is 0. The van der Waals surface area contributed by atoms with Crippen molar-refractivity contribution in [3.8, 4) is 0 Å². The third kappa shape index (κ3) is 2.33. The van der Waals surface area contributed by atoms with Crippen molar-refractivity contribution in [3.63, 3.8) is 0 Å². The molecule has 0 spiro atoms. The van der Waals surface area contributed by atoms with E-state index in [4.69, 9.17) is 11.6 Å². The fourth-order valence-corrected chi connectivity index (χ4v) is 3.46. The van der Waals surface area contributed by atoms with Crippen LogP contribution in [0.3, 0.4) is 0 Å². The summed E-state index contributed by atoms with van der Waals surface area (Å²) in [5, 5.41) is 11.3. The smallest absolute Gasteiger partial charge is 0.123 e. The molecule has 1 N–H and O–H groups in total. The van der Waals surface area contributed by atoms with Crippen molar-refractivity contribution in [2.45, 2.75) is 17.9 Å². The first-order chi connectivity index (χ1) is 9.59. The van der Waals surface area contributed by atoms with Crippen molar-refractivity contribution in [1.82, 2.24) is 4.98 Å². The number of aromatic nitrogens is 1. The van der Waals surface area contributed by atoms with Crippen molar-refractivity contribution < 1.29 is 5.11 Å². The zero-order chi connectivity index (χ0) is 14.2. The molecule has 0 fully saturated rings. The Morgan fingerprint density at radius 2 is 1.75 bits per heavy atom. The number of aliphatic hydroxyl groups is 1. The van der Waals surface area contributed by atoms with Crippen molar-refractivity contribution in [1.29, 1.82) is 0 Å². The fraction of sp³-hybridized carbons (Fsp3) is 0.188. The maximum atomic E-state index is 10.6. The Morgan fingerprint density at radius 3 is 2.45 bits per heavy atom. The highest BCUT2D eigenvalue weighted by atomic mass is 35.5. The number of aliphatic hydroxyl groups excluding tert-OH is 1. The van der Waals surface area contributed by atoms with E-state index < -0.39 is 11.0 Å². The second kappa shape index (κ2) is 5.17. The summed E-state index contributed by atoms with van der Waals surface area (Å²) >= 11 is 8.14. The minimum absolute atomic E-state index is 0.733. The summed E-state index contributed by atoms with van der Waals surface area (Å²) in [5.74, 6) is 0. The van der Waals surface area contributed by atoms with Gasteiger partial charge < -0.3 is 5.11 Å². The maximum Gasteiger partial charge on any atom is 0.123 e. The first kappa shape index (κ1) is 13.6. The first-order valence-corrected chi connectivity index (χ1v) is 7.56. The highest BCUT2D eigenvalue weighted by molar-refractivity contribution is 7.18. The zero-order valence-corrected chi connectivity index (χ0v) is 12.5. The van der Waals surface area contributed by atoms with Crippen LogP contribution in [0, 0.1) is 0 Å². The molecule has 2 atom stereocenters. The van der Waals surface area contributed by atoms with E-state index in [0.717, 1.165) is 20.8 Å². The summed E-state index contributed by atoms with van der Waals surface area (Å²) in [6, 6.07) is 17.3. The molecule has 0 saturated heterocycles. The number of fused-ring (bicyclic) bond motifs is 1. The Morgan fingerprint density at radius 1 is 1.10 bits per heavy atom. The fourth-order valence-electron chi connectivity index (χ4n) is 2.15. The lowest BCUT2D eigenvalue weighted by atomic mass is 9.97. The molecule has 0 aliphatic rings. The van der Waals surface area contributed by atoms with Gasteiger partial charge in [-0.2, -0.15) is 0 Å². The van der Waals surface area contributed by atoms with Gasteiger partial charge in [-0.05, 0) is 24.6 Å². The molecule has 0 amide bonds. The van der Waals surface area contributed by atoms with Gasteiger partial charge in [0.25, 0.3) is 0 Å². The molecule has 3 rings (SSSR count). The second-order valence-electron chi connectivity index (χ2n) is 4.88. The molecule has 1 aromatic heterocycles. The number of para-hydroxylation sites is 1. The summed E-state index contributed by atoms with van der Waals surface area (Å²) in [4.78, 5) is 3.62. The number of halogens is 1. The van der Waals surface area contributed by atoms with Crippen LogP contribution in [0.5, 0.6) is 0 Å². The number of hydrogen-bond acceptors (Lipinski definition) is 3. The molecule has 2 aromatic carbocycles. The zero-order valence-electron chi connectivity index (χ0n) is 11.0. The number of alkyl halides is 1. The van der Waals surface area contributed by atoms with Gasteiger partial charge in [-0.1, -0.05) is 42.5 Å². The van der Waals surface area contributed by atoms with E-state index in [-0.39, 0.29) is 0 Å². The Hall–Kier alpha value is -1.42. The molecule has 0 bridgehead atoms. The quantitative estimate of drug-likeness (QED) is 0.723. The monoisotopic (exact) mass is 303 g/mol. The van der Waals surface area contributed by atoms with Gasteiger partial charge in [-0.15, -0.1) is 22.9 Å². The molecule has 4 heteroatoms. The number of benzene rings is 2. The summed E-state index contributed by atoms with van der Waals surface area (Å²) in [6.45, 7) is 1.81. The third-order valence-electron chi connectivity index (χ3n) is 3.34. The van der Waals surface area contributed by atoms with E-state index in [2.05, 4.69) is 4.98 Å². The minimum atomic E-state index is -0.939. The molecule has 0 aliphatic carbocycles. The highest BCUT2D eigenvalue weighted by Crippen LogP contribution is 2.43. The molecular formula is C16H14ClNOS. The number of nitrogens with zero attached hydrogens (tertiary/aromatic N) is 1. The van der Waals surface area contributed by atoms with E-state index in [1.807, 2.05) is 61.5 Å². The Kier molecular flexibility index (Phi) is 3.50. The SMILES string of the molecule is C[C@](Cl)(c1nc2ccccc2s1)[C@H](O)c1ccccc1. The van der Waals surface area contributed by atoms with E-state index in [0.29, 0.717) is 0 Å². The van der Waals surface area contributed by atoms with Crippen molar-refractivity contribution >= 4 is 33.2 Å². The van der Waals surface area contributed by atoms with Crippen LogP contribution in [0.4, 0.5) is 0 Å². The van der Waals surface area contributed by atoms with Crippen LogP contribution in [0.25, 0.3) is 10.2 Å². The normalized spacial score (nSPS) is 15.9. The highest BCUT2D eigenvalue weighted by Gasteiger charge is 2.36. The molecule has 0 radical (unpaired) electrons. The van der Waals surface area contributed by atoms with E-state index in [1.54, 1.807) is 0 Å². The van der Waals surface area contributed by atoms with Gasteiger partial charge in [0.05, 0.1) is 10.2 Å². The van der Waals surface area contributed by atoms with Crippen molar-refractivity contribution in [2.75, 3.05) is 0 Å². The van der Waals surface area contributed by atoms with Crippen LogP contribution in [-0.4, -0.2) is 10.1 Å². The molecule has 1 heterocycles. The Balaban J connectivity index is 2.02. The predicted octanol–water partition coefficient (Wildman–Crippen LogP) is 4.48. The maximum absolute atomic E-state index is 10.6. The van der Waals surface area contributed by atoms with Crippen LogP contribution in [-0.2, 0) is 4.87 Å². The van der Waals surface area contributed by atoms with Crippen molar-refractivity contribution in [2.24, 2.45) is 0 Å². The Labute approximate surface area is 126 Å². The van der Waals surface area contributed by atoms with Gasteiger partial charge in [0.15, 0.2) is 0 Å². The van der Waals surface area contributed by atoms with Crippen LogP contribution < -0.4 is 0 Å². The Bertz CT molecular complexity index is 690. The van der Waals surface area contributed by atoms with E-state index in [1.165, 1.54) is 11.3 Å².